The Morgan fingerprint density at radius 1 is 1.22 bits per heavy atom. The van der Waals surface area contributed by atoms with E-state index in [-0.39, 0.29) is 5.91 Å². The van der Waals surface area contributed by atoms with Gasteiger partial charge in [0.15, 0.2) is 5.82 Å². The van der Waals surface area contributed by atoms with Gasteiger partial charge in [-0.15, -0.1) is 11.3 Å². The third kappa shape index (κ3) is 2.77. The molecule has 0 bridgehead atoms. The number of aryl methyl sites for hydroxylation is 2. The molecule has 2 aromatic rings. The highest BCUT2D eigenvalue weighted by Gasteiger charge is 2.39. The number of ether oxygens (including phenoxy) is 1. The number of aromatic nitrogens is 2. The third-order valence-corrected chi connectivity index (χ3v) is 5.90. The molecule has 0 spiro atoms. The number of fused-ring (bicyclic) bond motifs is 1. The van der Waals surface area contributed by atoms with Crippen LogP contribution in [0, 0.1) is 0 Å². The molecular formula is C17H19N3O2S. The second-order valence-corrected chi connectivity index (χ2v) is 7.27. The maximum Gasteiger partial charge on any atom is 0.262 e. The Hall–Kier alpha value is -1.79. The summed E-state index contributed by atoms with van der Waals surface area (Å²) >= 11 is 1.63. The number of nitrogens with zero attached hydrogens (tertiary/aromatic N) is 2. The van der Waals surface area contributed by atoms with Gasteiger partial charge in [0.1, 0.15) is 5.54 Å². The van der Waals surface area contributed by atoms with Crippen molar-refractivity contribution < 1.29 is 9.53 Å². The molecular weight excluding hydrogens is 310 g/mol. The van der Waals surface area contributed by atoms with Gasteiger partial charge in [0, 0.05) is 43.3 Å². The minimum atomic E-state index is -0.523. The van der Waals surface area contributed by atoms with E-state index in [0.29, 0.717) is 31.9 Å². The second kappa shape index (κ2) is 6.02. The highest BCUT2D eigenvalue weighted by Crippen LogP contribution is 2.33. The summed E-state index contributed by atoms with van der Waals surface area (Å²) < 4.78 is 5.48. The van der Waals surface area contributed by atoms with Crippen LogP contribution in [0.5, 0.6) is 0 Å². The minimum absolute atomic E-state index is 0.0150. The maximum absolute atomic E-state index is 12.8. The number of amides is 1. The number of rotatable bonds is 3. The van der Waals surface area contributed by atoms with E-state index in [2.05, 4.69) is 21.4 Å². The number of carbonyl (C=O) groups excluding carboxylic acids is 1. The molecule has 1 aliphatic carbocycles. The van der Waals surface area contributed by atoms with Crippen LogP contribution in [-0.2, 0) is 23.1 Å². The van der Waals surface area contributed by atoms with Crippen molar-refractivity contribution in [3.8, 4) is 0 Å². The van der Waals surface area contributed by atoms with Crippen molar-refractivity contribution in [2.24, 2.45) is 0 Å². The van der Waals surface area contributed by atoms with Crippen LogP contribution in [0.15, 0.2) is 24.5 Å². The number of hydrogen-bond acceptors (Lipinski definition) is 5. The lowest BCUT2D eigenvalue weighted by atomic mass is 9.88. The van der Waals surface area contributed by atoms with Crippen LogP contribution in [0.4, 0.5) is 0 Å². The van der Waals surface area contributed by atoms with E-state index in [1.807, 2.05) is 0 Å². The first-order valence-corrected chi connectivity index (χ1v) is 8.88. The molecule has 1 fully saturated rings. The zero-order valence-electron chi connectivity index (χ0n) is 12.9. The summed E-state index contributed by atoms with van der Waals surface area (Å²) in [5.74, 6) is 0.666. The van der Waals surface area contributed by atoms with E-state index in [9.17, 15) is 4.79 Å². The van der Waals surface area contributed by atoms with E-state index in [1.54, 1.807) is 29.8 Å². The lowest BCUT2D eigenvalue weighted by molar-refractivity contribution is 0.0314. The van der Waals surface area contributed by atoms with Gasteiger partial charge >= 0.3 is 0 Å². The highest BCUT2D eigenvalue weighted by molar-refractivity contribution is 7.14. The van der Waals surface area contributed by atoms with Gasteiger partial charge in [-0.2, -0.15) is 0 Å². The molecule has 6 heteroatoms. The number of nitrogens with one attached hydrogen (secondary N) is 1. The predicted octanol–water partition coefficient (Wildman–Crippen LogP) is 2.46. The molecule has 0 radical (unpaired) electrons. The van der Waals surface area contributed by atoms with Gasteiger partial charge in [-0.1, -0.05) is 0 Å². The highest BCUT2D eigenvalue weighted by atomic mass is 32.1. The summed E-state index contributed by atoms with van der Waals surface area (Å²) in [6, 6.07) is 3.85. The molecule has 2 aliphatic rings. The molecule has 3 heterocycles. The van der Waals surface area contributed by atoms with Crippen LogP contribution in [0.2, 0.25) is 0 Å². The zero-order valence-corrected chi connectivity index (χ0v) is 13.7. The van der Waals surface area contributed by atoms with Gasteiger partial charge < -0.3 is 10.1 Å². The van der Waals surface area contributed by atoms with Crippen molar-refractivity contribution in [3.63, 3.8) is 0 Å². The summed E-state index contributed by atoms with van der Waals surface area (Å²) in [5.41, 5.74) is 0.822. The Labute approximate surface area is 139 Å². The zero-order chi connectivity index (χ0) is 15.7. The minimum Gasteiger partial charge on any atom is -0.381 e. The molecule has 0 aromatic carbocycles. The number of hydrogen-bond donors (Lipinski definition) is 1. The Morgan fingerprint density at radius 2 is 2.00 bits per heavy atom. The summed E-state index contributed by atoms with van der Waals surface area (Å²) in [6.07, 6.45) is 8.27. The summed E-state index contributed by atoms with van der Waals surface area (Å²) in [4.78, 5) is 23.8. The van der Waals surface area contributed by atoms with Crippen LogP contribution in [-0.4, -0.2) is 29.1 Å². The molecule has 1 aliphatic heterocycles. The van der Waals surface area contributed by atoms with Crippen molar-refractivity contribution in [1.29, 1.82) is 0 Å². The average molecular weight is 329 g/mol. The van der Waals surface area contributed by atoms with Crippen molar-refractivity contribution in [2.45, 2.75) is 37.6 Å². The summed E-state index contributed by atoms with van der Waals surface area (Å²) in [7, 11) is 0. The molecule has 0 saturated carbocycles. The second-order valence-electron chi connectivity index (χ2n) is 6.13. The van der Waals surface area contributed by atoms with E-state index in [0.717, 1.165) is 17.7 Å². The number of carbonyl (C=O) groups is 1. The van der Waals surface area contributed by atoms with E-state index in [1.165, 1.54) is 16.9 Å². The van der Waals surface area contributed by atoms with Gasteiger partial charge in [0.05, 0.1) is 4.88 Å². The Morgan fingerprint density at radius 3 is 2.74 bits per heavy atom. The molecule has 2 aromatic heterocycles. The van der Waals surface area contributed by atoms with Gasteiger partial charge in [-0.25, -0.2) is 9.97 Å². The van der Waals surface area contributed by atoms with Gasteiger partial charge in [0.25, 0.3) is 5.91 Å². The molecule has 1 amide bonds. The van der Waals surface area contributed by atoms with Gasteiger partial charge in [-0.3, -0.25) is 4.79 Å². The topological polar surface area (TPSA) is 64.1 Å². The van der Waals surface area contributed by atoms with E-state index in [4.69, 9.17) is 4.74 Å². The van der Waals surface area contributed by atoms with Crippen LogP contribution >= 0.6 is 11.3 Å². The quantitative estimate of drug-likeness (QED) is 0.939. The Kier molecular flexibility index (Phi) is 3.87. The monoisotopic (exact) mass is 329 g/mol. The molecule has 4 rings (SSSR count). The van der Waals surface area contributed by atoms with Gasteiger partial charge in [-0.05, 0) is 37.0 Å². The lowest BCUT2D eigenvalue weighted by Crippen LogP contribution is -2.50. The van der Waals surface area contributed by atoms with Crippen LogP contribution in [0.3, 0.4) is 0 Å². The molecule has 1 N–H and O–H groups in total. The predicted molar refractivity (Wildman–Crippen MR) is 87.6 cm³/mol. The van der Waals surface area contributed by atoms with Crippen molar-refractivity contribution in [2.75, 3.05) is 13.2 Å². The molecule has 120 valence electrons. The Balaban J connectivity index is 1.61. The first-order valence-electron chi connectivity index (χ1n) is 8.06. The molecule has 23 heavy (non-hydrogen) atoms. The van der Waals surface area contributed by atoms with E-state index >= 15 is 0 Å². The van der Waals surface area contributed by atoms with Crippen LogP contribution < -0.4 is 5.32 Å². The van der Waals surface area contributed by atoms with Crippen LogP contribution in [0.1, 0.15) is 45.2 Å². The molecule has 1 saturated heterocycles. The summed E-state index contributed by atoms with van der Waals surface area (Å²) in [6.45, 7) is 1.22. The molecule has 0 atom stereocenters. The maximum atomic E-state index is 12.8. The fourth-order valence-corrected chi connectivity index (χ4v) is 4.54. The third-order valence-electron chi connectivity index (χ3n) is 4.66. The smallest absolute Gasteiger partial charge is 0.262 e. The average Bonchev–Trinajstić information content (AvgIpc) is 3.18. The standard InChI is InChI=1S/C17H19N3O2S/c21-15(14-11-12-3-1-4-13(12)23-14)20-17(5-9-22-10-6-17)16-18-7-2-8-19-16/h2,7-8,11H,1,3-6,9-10H2,(H,20,21). The SMILES string of the molecule is O=C(NC1(c2ncccn2)CCOCC1)c1cc2c(s1)CCC2. The molecule has 5 nitrogen and oxygen atoms in total. The van der Waals surface area contributed by atoms with Crippen molar-refractivity contribution >= 4 is 17.2 Å². The van der Waals surface area contributed by atoms with Crippen molar-refractivity contribution in [1.82, 2.24) is 15.3 Å². The summed E-state index contributed by atoms with van der Waals surface area (Å²) in [5, 5.41) is 3.22. The largest absolute Gasteiger partial charge is 0.381 e. The fraction of sp³-hybridized carbons (Fsp3) is 0.471. The van der Waals surface area contributed by atoms with Gasteiger partial charge in [0.2, 0.25) is 0 Å². The first-order chi connectivity index (χ1) is 11.3. The normalized spacial score (nSPS) is 19.3. The van der Waals surface area contributed by atoms with Crippen LogP contribution in [0.25, 0.3) is 0 Å². The number of thiophene rings is 1. The first kappa shape index (κ1) is 14.8. The Bertz CT molecular complexity index is 686. The molecule has 0 unspecified atom stereocenters. The van der Waals surface area contributed by atoms with Crippen molar-refractivity contribution in [3.05, 3.63) is 45.7 Å². The fourth-order valence-electron chi connectivity index (χ4n) is 3.39. The lowest BCUT2D eigenvalue weighted by Gasteiger charge is -2.36. The van der Waals surface area contributed by atoms with E-state index < -0.39 is 5.54 Å².